The fourth-order valence-corrected chi connectivity index (χ4v) is 48.9. The molecule has 26 heteroatoms. The molecule has 0 amide bonds. The minimum absolute atomic E-state index is 0. The van der Waals surface area contributed by atoms with Gasteiger partial charge in [-0.2, -0.15) is 0 Å². The molecule has 0 aromatic carbocycles. The summed E-state index contributed by atoms with van der Waals surface area (Å²) in [5.74, 6) is 0. The van der Waals surface area contributed by atoms with Crippen molar-refractivity contribution in [1.29, 1.82) is 0 Å². The molecule has 0 aromatic heterocycles. The van der Waals surface area contributed by atoms with Gasteiger partial charge in [-0.15, -0.1) is 0 Å². The summed E-state index contributed by atoms with van der Waals surface area (Å²) in [6.07, 6.45) is 0. The lowest BCUT2D eigenvalue weighted by molar-refractivity contribution is 0.127. The van der Waals surface area contributed by atoms with E-state index in [2.05, 4.69) is 210 Å². The summed E-state index contributed by atoms with van der Waals surface area (Å²) in [4.78, 5) is 0. The van der Waals surface area contributed by atoms with Gasteiger partial charge in [0.05, 0.1) is 0 Å². The quantitative estimate of drug-likeness (QED) is 0.0858. The van der Waals surface area contributed by atoms with Gasteiger partial charge in [-0.05, 0) is 222 Å². The van der Waals surface area contributed by atoms with Gasteiger partial charge in [0.2, 0.25) is 0 Å². The van der Waals surface area contributed by atoms with Gasteiger partial charge < -0.3 is 50.0 Å². The number of hydrogen-bond donors (Lipinski definition) is 0. The Balaban J connectivity index is -0.0000000678. The SMILES string of the molecule is C.C.C.C.C.C.C.C.CC[Si](C)(C)O[Si](C)(C)C.CC[Si](C)(C)O[Si](O[Si](C)(C)C)(O[Si](C)(C)C)O[Si](C)(C)C.CO[Si](C)(C)O[Si](C)(C)C.CO[Si](C)(C)O[Si](O[Si](C)(C)C)(O[Si](C)(C)C)O[Si](C)(C)C. The van der Waals surface area contributed by atoms with E-state index in [0.29, 0.717) is 0 Å². The predicted molar refractivity (Wildman–Crippen MR) is 368 cm³/mol. The topological polar surface area (TPSA) is 111 Å². The molecule has 0 aliphatic carbocycles. The van der Waals surface area contributed by atoms with E-state index >= 15 is 0 Å². The fourth-order valence-electron chi connectivity index (χ4n) is 4.93. The molecule has 72 heavy (non-hydrogen) atoms. The van der Waals surface area contributed by atoms with Crippen LogP contribution in [0.25, 0.3) is 0 Å². The first kappa shape index (κ1) is 103. The average molecular weight is 1280 g/mol. The highest BCUT2D eigenvalue weighted by molar-refractivity contribution is 6.92. The Hall–Kier alpha value is 2.56. The number of hydrogen-bond acceptors (Lipinski definition) is 12. The zero-order chi connectivity index (χ0) is 52.9. The zero-order valence-corrected chi connectivity index (χ0v) is 63.3. The summed E-state index contributed by atoms with van der Waals surface area (Å²) in [7, 11) is -24.1. The van der Waals surface area contributed by atoms with Crippen LogP contribution in [0.2, 0.25) is 222 Å². The summed E-state index contributed by atoms with van der Waals surface area (Å²) in [5.41, 5.74) is 0. The first-order chi connectivity index (χ1) is 27.3. The summed E-state index contributed by atoms with van der Waals surface area (Å²) >= 11 is 0. The van der Waals surface area contributed by atoms with Crippen LogP contribution in [0.15, 0.2) is 0 Å². The molecule has 0 radical (unpaired) electrons. The van der Waals surface area contributed by atoms with Gasteiger partial charge >= 0.3 is 35.2 Å². The maximum absolute atomic E-state index is 6.62. The fraction of sp³-hybridized carbons (Fsp3) is 1.00. The lowest BCUT2D eigenvalue weighted by atomic mass is 11.0. The smallest absolute Gasteiger partial charge is 0.456 e. The Morgan fingerprint density at radius 3 is 0.486 bits per heavy atom. The third kappa shape index (κ3) is 66.8. The summed E-state index contributed by atoms with van der Waals surface area (Å²) in [6.45, 7) is 73.8. The summed E-state index contributed by atoms with van der Waals surface area (Å²) in [6, 6.07) is 2.26. The van der Waals surface area contributed by atoms with Crippen LogP contribution in [-0.2, 0) is 50.0 Å². The standard InChI is InChI=1S/C13H38O4Si5.C12H36O5Si5.C7H20OSi2.C6H18O2Si2.8CH4/c2*1-13-21(11,12)17-22(14-18(2,3)4,15-19(5,6)7)16-20(8,9)10;2*1-7-10(5,6)8-9(2,3)4;;;;;;;;/h13H2,1-12H3;1-12H3;7H2,1-6H3;1-6H3;8*1H4. The molecule has 0 aromatic rings. The van der Waals surface area contributed by atoms with Crippen molar-refractivity contribution in [3.05, 3.63) is 0 Å². The first-order valence-electron chi connectivity index (χ1n) is 23.4. The Bertz CT molecular complexity index is 1110. The van der Waals surface area contributed by atoms with Crippen molar-refractivity contribution >= 4 is 118 Å². The van der Waals surface area contributed by atoms with Gasteiger partial charge in [0.25, 0.3) is 0 Å². The highest BCUT2D eigenvalue weighted by Gasteiger charge is 2.58. The van der Waals surface area contributed by atoms with Gasteiger partial charge in [-0.1, -0.05) is 73.3 Å². The lowest BCUT2D eigenvalue weighted by Crippen LogP contribution is -2.66. The molecule has 0 saturated heterocycles. The van der Waals surface area contributed by atoms with Crippen molar-refractivity contribution in [3.8, 4) is 0 Å². The van der Waals surface area contributed by atoms with Crippen molar-refractivity contribution in [2.75, 3.05) is 14.2 Å². The molecule has 0 aliphatic heterocycles. The molecule has 0 fully saturated rings. The molecule has 0 saturated carbocycles. The van der Waals surface area contributed by atoms with Crippen LogP contribution in [0.4, 0.5) is 0 Å². The minimum atomic E-state index is -3.24. The van der Waals surface area contributed by atoms with Crippen LogP contribution < -0.4 is 0 Å². The molecule has 0 rings (SSSR count). The Labute approximate surface area is 474 Å². The second-order valence-corrected chi connectivity index (χ2v) is 85.2. The van der Waals surface area contributed by atoms with Crippen LogP contribution in [0.5, 0.6) is 0 Å². The second kappa shape index (κ2) is 38.3. The normalized spacial score (nSPS) is 13.2. The first-order valence-corrected chi connectivity index (χ1v) is 65.8. The van der Waals surface area contributed by atoms with Crippen LogP contribution in [0, 0.1) is 0 Å². The molecular weight excluding hydrogens is 1140 g/mol. The highest BCUT2D eigenvalue weighted by atomic mass is 28.6. The summed E-state index contributed by atoms with van der Waals surface area (Å²) in [5, 5.41) is 0. The molecule has 12 nitrogen and oxygen atoms in total. The van der Waals surface area contributed by atoms with E-state index in [1.807, 2.05) is 13.1 Å². The van der Waals surface area contributed by atoms with Crippen molar-refractivity contribution < 1.29 is 50.0 Å². The third-order valence-corrected chi connectivity index (χ3v) is 48.5. The Morgan fingerprint density at radius 1 is 0.208 bits per heavy atom. The average Bonchev–Trinajstić information content (AvgIpc) is 2.89. The van der Waals surface area contributed by atoms with Crippen LogP contribution in [-0.4, -0.2) is 133 Å². The monoisotopic (exact) mass is 1280 g/mol. The molecule has 0 bridgehead atoms. The van der Waals surface area contributed by atoms with E-state index in [-0.39, 0.29) is 59.4 Å². The van der Waals surface area contributed by atoms with E-state index < -0.39 is 118 Å². The second-order valence-electron chi connectivity index (χ2n) is 26.4. The highest BCUT2D eigenvalue weighted by Crippen LogP contribution is 2.32. The molecule has 0 atom stereocenters. The van der Waals surface area contributed by atoms with Gasteiger partial charge in [0.1, 0.15) is 0 Å². The lowest BCUT2D eigenvalue weighted by Gasteiger charge is -2.44. The van der Waals surface area contributed by atoms with E-state index in [4.69, 9.17) is 50.0 Å². The minimum Gasteiger partial charge on any atom is -0.456 e. The van der Waals surface area contributed by atoms with Crippen molar-refractivity contribution in [2.24, 2.45) is 0 Å². The molecule has 0 N–H and O–H groups in total. The molecule has 456 valence electrons. The van der Waals surface area contributed by atoms with Crippen molar-refractivity contribution in [3.63, 3.8) is 0 Å². The largest absolute Gasteiger partial charge is 0.638 e. The van der Waals surface area contributed by atoms with Crippen molar-refractivity contribution in [1.82, 2.24) is 0 Å². The van der Waals surface area contributed by atoms with Crippen LogP contribution in [0.1, 0.15) is 73.3 Å². The third-order valence-electron chi connectivity index (χ3n) is 7.18. The maximum atomic E-state index is 6.62. The van der Waals surface area contributed by atoms with Crippen LogP contribution in [0.3, 0.4) is 0 Å². The van der Waals surface area contributed by atoms with E-state index in [1.165, 1.54) is 6.04 Å². The molecule has 0 spiro atoms. The van der Waals surface area contributed by atoms with Gasteiger partial charge in [0, 0.05) is 14.2 Å². The van der Waals surface area contributed by atoms with Gasteiger partial charge in [-0.25, -0.2) is 0 Å². The molecule has 0 aliphatic rings. The van der Waals surface area contributed by atoms with Gasteiger partial charge in [0.15, 0.2) is 83.2 Å². The zero-order valence-electron chi connectivity index (χ0n) is 49.3. The Kier molecular flexibility index (Phi) is 54.8. The molecule has 0 heterocycles. The maximum Gasteiger partial charge on any atom is 0.638 e. The Morgan fingerprint density at radius 2 is 0.361 bits per heavy atom. The molecule has 0 unspecified atom stereocenters. The van der Waals surface area contributed by atoms with Crippen molar-refractivity contribution in [2.45, 2.75) is 295 Å². The van der Waals surface area contributed by atoms with Crippen LogP contribution >= 0.6 is 0 Å². The van der Waals surface area contributed by atoms with E-state index in [0.717, 1.165) is 6.04 Å². The predicted octanol–water partition coefficient (Wildman–Crippen LogP) is 19.9. The van der Waals surface area contributed by atoms with Gasteiger partial charge in [-0.3, -0.25) is 0 Å². The summed E-state index contributed by atoms with van der Waals surface area (Å²) < 4.78 is 74.7. The number of rotatable bonds is 24. The molecular formula is C46H144O12Si14. The van der Waals surface area contributed by atoms with E-state index in [1.54, 1.807) is 14.2 Å². The van der Waals surface area contributed by atoms with E-state index in [9.17, 15) is 0 Å².